The monoisotopic (exact) mass is 274 g/mol. The summed E-state index contributed by atoms with van der Waals surface area (Å²) in [4.78, 5) is 1.45. The van der Waals surface area contributed by atoms with E-state index in [2.05, 4.69) is 5.32 Å². The van der Waals surface area contributed by atoms with Crippen molar-refractivity contribution in [3.63, 3.8) is 0 Å². The minimum absolute atomic E-state index is 0.338. The van der Waals surface area contributed by atoms with Crippen molar-refractivity contribution in [2.45, 2.75) is 32.6 Å². The van der Waals surface area contributed by atoms with Crippen LogP contribution in [0.15, 0.2) is 24.3 Å². The topological polar surface area (TPSA) is 15.3 Å². The second kappa shape index (κ2) is 7.50. The first kappa shape index (κ1) is 16.0. The van der Waals surface area contributed by atoms with Gasteiger partial charge in [-0.05, 0) is 31.1 Å². The second-order valence-corrected chi connectivity index (χ2v) is 4.62. The van der Waals surface area contributed by atoms with Crippen LogP contribution in [-0.4, -0.2) is 31.2 Å². The fraction of sp³-hybridized carbons (Fsp3) is 0.571. The van der Waals surface area contributed by atoms with E-state index in [-0.39, 0.29) is 0 Å². The first-order valence-electron chi connectivity index (χ1n) is 6.46. The van der Waals surface area contributed by atoms with Gasteiger partial charge in [0.05, 0.1) is 6.54 Å². The number of nitrogens with zero attached hydrogens (tertiary/aromatic N) is 1. The number of benzene rings is 1. The molecule has 5 heteroatoms. The van der Waals surface area contributed by atoms with E-state index in [9.17, 15) is 13.2 Å². The van der Waals surface area contributed by atoms with Crippen molar-refractivity contribution in [1.29, 1.82) is 0 Å². The summed E-state index contributed by atoms with van der Waals surface area (Å²) in [6.45, 7) is 2.50. The Morgan fingerprint density at radius 1 is 1.16 bits per heavy atom. The summed E-state index contributed by atoms with van der Waals surface area (Å²) < 4.78 is 37.6. The molecule has 0 spiro atoms. The van der Waals surface area contributed by atoms with Gasteiger partial charge in [0.2, 0.25) is 0 Å². The van der Waals surface area contributed by atoms with Crippen LogP contribution in [0.3, 0.4) is 0 Å². The highest BCUT2D eigenvalue weighted by Gasteiger charge is 2.30. The van der Waals surface area contributed by atoms with Gasteiger partial charge in [-0.2, -0.15) is 13.2 Å². The van der Waals surface area contributed by atoms with Crippen molar-refractivity contribution < 1.29 is 13.2 Å². The van der Waals surface area contributed by atoms with Crippen LogP contribution < -0.4 is 5.32 Å². The Labute approximate surface area is 112 Å². The molecule has 0 fully saturated rings. The van der Waals surface area contributed by atoms with Crippen molar-refractivity contribution in [3.8, 4) is 0 Å². The highest BCUT2D eigenvalue weighted by molar-refractivity contribution is 5.26. The molecule has 0 saturated carbocycles. The van der Waals surface area contributed by atoms with Crippen molar-refractivity contribution in [3.05, 3.63) is 35.4 Å². The number of rotatable bonds is 7. The molecule has 2 nitrogen and oxygen atoms in total. The van der Waals surface area contributed by atoms with Gasteiger partial charge in [0.25, 0.3) is 0 Å². The van der Waals surface area contributed by atoms with E-state index in [0.29, 0.717) is 26.1 Å². The highest BCUT2D eigenvalue weighted by Crippen LogP contribution is 2.19. The van der Waals surface area contributed by atoms with E-state index in [1.807, 2.05) is 38.2 Å². The van der Waals surface area contributed by atoms with Gasteiger partial charge in [-0.3, -0.25) is 4.90 Å². The van der Waals surface area contributed by atoms with Crippen LogP contribution >= 0.6 is 0 Å². The molecule has 0 aromatic heterocycles. The van der Waals surface area contributed by atoms with Crippen LogP contribution in [0.25, 0.3) is 0 Å². The van der Waals surface area contributed by atoms with Gasteiger partial charge < -0.3 is 5.32 Å². The van der Waals surface area contributed by atoms with Gasteiger partial charge in [0.1, 0.15) is 0 Å². The van der Waals surface area contributed by atoms with Gasteiger partial charge in [0.15, 0.2) is 0 Å². The zero-order valence-electron chi connectivity index (χ0n) is 11.4. The first-order chi connectivity index (χ1) is 8.96. The van der Waals surface area contributed by atoms with Crippen LogP contribution in [0, 0.1) is 0 Å². The quantitative estimate of drug-likeness (QED) is 0.821. The number of alkyl halides is 3. The Balaban J connectivity index is 2.78. The van der Waals surface area contributed by atoms with E-state index in [1.54, 1.807) is 0 Å². The normalized spacial score (nSPS) is 12.1. The Morgan fingerprint density at radius 2 is 1.79 bits per heavy atom. The summed E-state index contributed by atoms with van der Waals surface area (Å²) in [6, 6.07) is 7.62. The van der Waals surface area contributed by atoms with E-state index in [1.165, 1.54) is 4.90 Å². The molecule has 0 amide bonds. The van der Waals surface area contributed by atoms with E-state index >= 15 is 0 Å². The molecular weight excluding hydrogens is 253 g/mol. The summed E-state index contributed by atoms with van der Waals surface area (Å²) in [5.41, 5.74) is 2.00. The Bertz CT molecular complexity index is 377. The standard InChI is InChI=1S/C14H21F3N2/c1-3-8-19(11-14(15,16)17)10-13-7-5-4-6-12(13)9-18-2/h4-7,18H,3,8-11H2,1-2H3. The van der Waals surface area contributed by atoms with Crippen LogP contribution in [0.4, 0.5) is 13.2 Å². The predicted octanol–water partition coefficient (Wildman–Crippen LogP) is 3.18. The number of hydrogen-bond donors (Lipinski definition) is 1. The Kier molecular flexibility index (Phi) is 6.31. The Hall–Kier alpha value is -1.07. The molecule has 0 atom stereocenters. The van der Waals surface area contributed by atoms with E-state index in [0.717, 1.165) is 11.1 Å². The van der Waals surface area contributed by atoms with Gasteiger partial charge in [-0.25, -0.2) is 0 Å². The fourth-order valence-electron chi connectivity index (χ4n) is 2.10. The third-order valence-corrected chi connectivity index (χ3v) is 2.82. The second-order valence-electron chi connectivity index (χ2n) is 4.62. The van der Waals surface area contributed by atoms with E-state index < -0.39 is 12.7 Å². The summed E-state index contributed by atoms with van der Waals surface area (Å²) >= 11 is 0. The first-order valence-corrected chi connectivity index (χ1v) is 6.46. The van der Waals surface area contributed by atoms with Crippen molar-refractivity contribution in [1.82, 2.24) is 10.2 Å². The smallest absolute Gasteiger partial charge is 0.316 e. The summed E-state index contributed by atoms with van der Waals surface area (Å²) in [7, 11) is 1.83. The molecule has 0 unspecified atom stereocenters. The molecule has 1 rings (SSSR count). The van der Waals surface area contributed by atoms with Gasteiger partial charge in [-0.15, -0.1) is 0 Å². The number of hydrogen-bond acceptors (Lipinski definition) is 2. The van der Waals surface area contributed by atoms with Crippen LogP contribution in [0.5, 0.6) is 0 Å². The van der Waals surface area contributed by atoms with Crippen molar-refractivity contribution >= 4 is 0 Å². The molecule has 0 saturated heterocycles. The summed E-state index contributed by atoms with van der Waals surface area (Å²) in [5, 5.41) is 3.04. The zero-order valence-corrected chi connectivity index (χ0v) is 11.4. The predicted molar refractivity (Wildman–Crippen MR) is 70.8 cm³/mol. The fourth-order valence-corrected chi connectivity index (χ4v) is 2.10. The largest absolute Gasteiger partial charge is 0.401 e. The molecule has 1 aromatic carbocycles. The SMILES string of the molecule is CCCN(Cc1ccccc1CNC)CC(F)(F)F. The molecule has 0 aliphatic rings. The molecule has 0 heterocycles. The van der Waals surface area contributed by atoms with Gasteiger partial charge >= 0.3 is 6.18 Å². The molecule has 0 aliphatic carbocycles. The van der Waals surface area contributed by atoms with E-state index in [4.69, 9.17) is 0 Å². The minimum Gasteiger partial charge on any atom is -0.316 e. The van der Waals surface area contributed by atoms with Crippen LogP contribution in [0.1, 0.15) is 24.5 Å². The number of nitrogens with one attached hydrogen (secondary N) is 1. The highest BCUT2D eigenvalue weighted by atomic mass is 19.4. The van der Waals surface area contributed by atoms with Crippen LogP contribution in [0.2, 0.25) is 0 Å². The van der Waals surface area contributed by atoms with Gasteiger partial charge in [0, 0.05) is 13.1 Å². The molecule has 0 radical (unpaired) electrons. The minimum atomic E-state index is -4.15. The maximum atomic E-state index is 12.5. The zero-order chi connectivity index (χ0) is 14.3. The third-order valence-electron chi connectivity index (χ3n) is 2.82. The Morgan fingerprint density at radius 3 is 2.32 bits per heavy atom. The molecule has 1 aromatic rings. The van der Waals surface area contributed by atoms with Crippen LogP contribution in [-0.2, 0) is 13.1 Å². The lowest BCUT2D eigenvalue weighted by Crippen LogP contribution is -2.34. The maximum Gasteiger partial charge on any atom is 0.401 e. The summed E-state index contributed by atoms with van der Waals surface area (Å²) in [6.07, 6.45) is -3.43. The number of halogens is 3. The summed E-state index contributed by atoms with van der Waals surface area (Å²) in [5.74, 6) is 0. The lowest BCUT2D eigenvalue weighted by molar-refractivity contribution is -0.147. The molecule has 1 N–H and O–H groups in total. The molecule has 108 valence electrons. The molecule has 0 bridgehead atoms. The van der Waals surface area contributed by atoms with Gasteiger partial charge in [-0.1, -0.05) is 31.2 Å². The molecule has 19 heavy (non-hydrogen) atoms. The molecule has 0 aliphatic heterocycles. The average molecular weight is 274 g/mol. The lowest BCUT2D eigenvalue weighted by Gasteiger charge is -2.24. The maximum absolute atomic E-state index is 12.5. The molecular formula is C14H21F3N2. The average Bonchev–Trinajstić information content (AvgIpc) is 2.30. The lowest BCUT2D eigenvalue weighted by atomic mass is 10.1. The van der Waals surface area contributed by atoms with Crippen molar-refractivity contribution in [2.24, 2.45) is 0 Å². The van der Waals surface area contributed by atoms with Crippen molar-refractivity contribution in [2.75, 3.05) is 20.1 Å². The third kappa shape index (κ3) is 6.07.